The lowest BCUT2D eigenvalue weighted by Crippen LogP contribution is -2.11. The van der Waals surface area contributed by atoms with Crippen molar-refractivity contribution in [3.63, 3.8) is 0 Å². The number of rotatable bonds is 5. The normalized spacial score (nSPS) is 20.1. The van der Waals surface area contributed by atoms with E-state index in [-0.39, 0.29) is 0 Å². The SMILES string of the molecule is CCCCCC(C)c1c(O)ccc2c1CCCC2C. The molecule has 19 heavy (non-hydrogen) atoms. The number of hydrogen-bond acceptors (Lipinski definition) is 1. The topological polar surface area (TPSA) is 20.2 Å². The van der Waals surface area contributed by atoms with Gasteiger partial charge in [0.25, 0.3) is 0 Å². The maximum absolute atomic E-state index is 10.3. The lowest BCUT2D eigenvalue weighted by atomic mass is 9.78. The molecule has 0 saturated heterocycles. The van der Waals surface area contributed by atoms with Gasteiger partial charge in [-0.1, -0.05) is 46.1 Å². The van der Waals surface area contributed by atoms with Gasteiger partial charge >= 0.3 is 0 Å². The van der Waals surface area contributed by atoms with Crippen molar-refractivity contribution in [2.24, 2.45) is 0 Å². The van der Waals surface area contributed by atoms with Crippen molar-refractivity contribution in [1.29, 1.82) is 0 Å². The Bertz CT molecular complexity index is 422. The van der Waals surface area contributed by atoms with Gasteiger partial charge in [0.2, 0.25) is 0 Å². The van der Waals surface area contributed by atoms with Crippen molar-refractivity contribution in [1.82, 2.24) is 0 Å². The van der Waals surface area contributed by atoms with E-state index < -0.39 is 0 Å². The average molecular weight is 260 g/mol. The number of phenolic OH excluding ortho intramolecular Hbond substituents is 1. The fourth-order valence-corrected chi connectivity index (χ4v) is 3.55. The number of aromatic hydroxyl groups is 1. The van der Waals surface area contributed by atoms with Gasteiger partial charge in [0.05, 0.1) is 0 Å². The van der Waals surface area contributed by atoms with Gasteiger partial charge in [0.1, 0.15) is 5.75 Å². The van der Waals surface area contributed by atoms with E-state index in [0.29, 0.717) is 17.6 Å². The highest BCUT2D eigenvalue weighted by molar-refractivity contribution is 5.48. The Labute approximate surface area is 118 Å². The first-order chi connectivity index (χ1) is 9.15. The molecule has 1 aromatic carbocycles. The molecule has 0 bridgehead atoms. The molecular formula is C18H28O. The Balaban J connectivity index is 2.25. The molecule has 1 N–H and O–H groups in total. The summed E-state index contributed by atoms with van der Waals surface area (Å²) in [7, 11) is 0. The standard InChI is InChI=1S/C18H28O/c1-4-5-6-8-14(3)18-16-10-7-9-13(2)15(16)11-12-17(18)19/h11-14,19H,4-10H2,1-3H3. The summed E-state index contributed by atoms with van der Waals surface area (Å²) >= 11 is 0. The van der Waals surface area contributed by atoms with Crippen LogP contribution in [0, 0.1) is 0 Å². The van der Waals surface area contributed by atoms with Gasteiger partial charge in [-0.2, -0.15) is 0 Å². The molecule has 2 rings (SSSR count). The fourth-order valence-electron chi connectivity index (χ4n) is 3.55. The van der Waals surface area contributed by atoms with Crippen LogP contribution in [0.1, 0.15) is 87.8 Å². The Morgan fingerprint density at radius 1 is 1.32 bits per heavy atom. The summed E-state index contributed by atoms with van der Waals surface area (Å²) in [6.07, 6.45) is 8.76. The van der Waals surface area contributed by atoms with E-state index >= 15 is 0 Å². The summed E-state index contributed by atoms with van der Waals surface area (Å²) in [5.74, 6) is 1.68. The van der Waals surface area contributed by atoms with Gasteiger partial charge < -0.3 is 5.11 Å². The van der Waals surface area contributed by atoms with Crippen LogP contribution in [0.25, 0.3) is 0 Å². The fraction of sp³-hybridized carbons (Fsp3) is 0.667. The second-order valence-electron chi connectivity index (χ2n) is 6.26. The summed E-state index contributed by atoms with van der Waals surface area (Å²) in [6, 6.07) is 4.07. The summed E-state index contributed by atoms with van der Waals surface area (Å²) < 4.78 is 0. The smallest absolute Gasteiger partial charge is 0.119 e. The van der Waals surface area contributed by atoms with Gasteiger partial charge in [0, 0.05) is 5.56 Å². The van der Waals surface area contributed by atoms with Crippen LogP contribution in [0.5, 0.6) is 5.75 Å². The Morgan fingerprint density at radius 3 is 2.84 bits per heavy atom. The quantitative estimate of drug-likeness (QED) is 0.691. The maximum Gasteiger partial charge on any atom is 0.119 e. The number of unbranched alkanes of at least 4 members (excludes halogenated alkanes) is 2. The van der Waals surface area contributed by atoms with E-state index in [2.05, 4.69) is 26.8 Å². The van der Waals surface area contributed by atoms with E-state index in [1.807, 2.05) is 6.07 Å². The molecule has 0 saturated carbocycles. The average Bonchev–Trinajstić information content (AvgIpc) is 2.39. The lowest BCUT2D eigenvalue weighted by Gasteiger charge is -2.27. The van der Waals surface area contributed by atoms with Crippen molar-refractivity contribution in [3.8, 4) is 5.75 Å². The minimum Gasteiger partial charge on any atom is -0.508 e. The van der Waals surface area contributed by atoms with E-state index in [4.69, 9.17) is 0 Å². The van der Waals surface area contributed by atoms with Crippen LogP contribution < -0.4 is 0 Å². The molecule has 1 nitrogen and oxygen atoms in total. The van der Waals surface area contributed by atoms with Gasteiger partial charge in [-0.25, -0.2) is 0 Å². The van der Waals surface area contributed by atoms with Gasteiger partial charge in [-0.15, -0.1) is 0 Å². The first-order valence-electron chi connectivity index (χ1n) is 7.99. The monoisotopic (exact) mass is 260 g/mol. The molecule has 2 atom stereocenters. The number of phenols is 1. The molecule has 0 fully saturated rings. The largest absolute Gasteiger partial charge is 0.508 e. The second kappa shape index (κ2) is 6.45. The summed E-state index contributed by atoms with van der Waals surface area (Å²) in [6.45, 7) is 6.85. The van der Waals surface area contributed by atoms with Crippen LogP contribution >= 0.6 is 0 Å². The molecule has 0 aromatic heterocycles. The summed E-state index contributed by atoms with van der Waals surface area (Å²) in [4.78, 5) is 0. The first-order valence-corrected chi connectivity index (χ1v) is 7.99. The summed E-state index contributed by atoms with van der Waals surface area (Å²) in [5, 5.41) is 10.3. The van der Waals surface area contributed by atoms with Crippen molar-refractivity contribution in [2.75, 3.05) is 0 Å². The minimum atomic E-state index is 0.492. The van der Waals surface area contributed by atoms with Gasteiger partial charge in [-0.05, 0) is 54.7 Å². The second-order valence-corrected chi connectivity index (χ2v) is 6.26. The predicted molar refractivity (Wildman–Crippen MR) is 82.0 cm³/mol. The number of benzene rings is 1. The molecule has 0 aliphatic heterocycles. The summed E-state index contributed by atoms with van der Waals surface area (Å²) in [5.41, 5.74) is 4.20. The molecule has 2 unspecified atom stereocenters. The highest BCUT2D eigenvalue weighted by atomic mass is 16.3. The van der Waals surface area contributed by atoms with Crippen LogP contribution in [0.3, 0.4) is 0 Å². The number of hydrogen-bond donors (Lipinski definition) is 1. The molecule has 0 amide bonds. The third-order valence-electron chi connectivity index (χ3n) is 4.70. The molecule has 0 radical (unpaired) electrons. The van der Waals surface area contributed by atoms with Crippen molar-refractivity contribution in [2.45, 2.75) is 77.6 Å². The van der Waals surface area contributed by atoms with Crippen molar-refractivity contribution in [3.05, 3.63) is 28.8 Å². The zero-order valence-electron chi connectivity index (χ0n) is 12.7. The third-order valence-corrected chi connectivity index (χ3v) is 4.70. The van der Waals surface area contributed by atoms with Crippen molar-refractivity contribution >= 4 is 0 Å². The minimum absolute atomic E-state index is 0.492. The first kappa shape index (κ1) is 14.4. The molecule has 0 spiro atoms. The predicted octanol–water partition coefficient (Wildman–Crippen LogP) is 5.52. The molecule has 1 heteroatoms. The van der Waals surface area contributed by atoms with Crippen LogP contribution in [0.4, 0.5) is 0 Å². The Hall–Kier alpha value is -0.980. The highest BCUT2D eigenvalue weighted by Crippen LogP contribution is 2.41. The zero-order valence-corrected chi connectivity index (χ0v) is 12.7. The van der Waals surface area contributed by atoms with Gasteiger partial charge in [-0.3, -0.25) is 0 Å². The molecule has 0 heterocycles. The van der Waals surface area contributed by atoms with Crippen LogP contribution in [-0.4, -0.2) is 5.11 Å². The Kier molecular flexibility index (Phi) is 4.90. The molecule has 1 aliphatic rings. The van der Waals surface area contributed by atoms with Gasteiger partial charge in [0.15, 0.2) is 0 Å². The van der Waals surface area contributed by atoms with Crippen LogP contribution in [-0.2, 0) is 6.42 Å². The van der Waals surface area contributed by atoms with E-state index in [1.165, 1.54) is 55.2 Å². The molecular weight excluding hydrogens is 232 g/mol. The lowest BCUT2D eigenvalue weighted by molar-refractivity contribution is 0.452. The Morgan fingerprint density at radius 2 is 2.11 bits per heavy atom. The third kappa shape index (κ3) is 3.13. The zero-order chi connectivity index (χ0) is 13.8. The van der Waals surface area contributed by atoms with E-state index in [0.717, 1.165) is 6.42 Å². The van der Waals surface area contributed by atoms with Crippen LogP contribution in [0.15, 0.2) is 12.1 Å². The van der Waals surface area contributed by atoms with E-state index in [9.17, 15) is 5.11 Å². The molecule has 1 aliphatic carbocycles. The van der Waals surface area contributed by atoms with Crippen molar-refractivity contribution < 1.29 is 5.11 Å². The van der Waals surface area contributed by atoms with E-state index in [1.54, 1.807) is 0 Å². The molecule has 106 valence electrons. The highest BCUT2D eigenvalue weighted by Gasteiger charge is 2.23. The number of fused-ring (bicyclic) bond motifs is 1. The maximum atomic E-state index is 10.3. The molecule has 1 aromatic rings. The van der Waals surface area contributed by atoms with Crippen LogP contribution in [0.2, 0.25) is 0 Å².